The standard InChI is InChI=1S/C36H27Cl3N2O5/c1-18-14-21-15-25(18)32-31(21)34(43)41(35(32)44)24-9-4-19(5-10-24)29-17-27(26-16-23(39)8-11-28(26)40-29)36(45)46-30(12-13-37)33(42)20-2-6-22(38)7-3-20/h2-11,14,16-17,21,25,30-32H,12-13,15H2,1H3. The van der Waals surface area contributed by atoms with Crippen LogP contribution in [0.1, 0.15) is 40.5 Å². The van der Waals surface area contributed by atoms with Crippen LogP contribution in [0.5, 0.6) is 0 Å². The maximum absolute atomic E-state index is 13.7. The second-order valence-electron chi connectivity index (χ2n) is 12.0. The third-order valence-electron chi connectivity index (χ3n) is 9.33. The number of halogens is 3. The van der Waals surface area contributed by atoms with Crippen molar-refractivity contribution in [1.29, 1.82) is 0 Å². The van der Waals surface area contributed by atoms with Gasteiger partial charge >= 0.3 is 5.97 Å². The summed E-state index contributed by atoms with van der Waals surface area (Å²) in [6, 6.07) is 19.9. The van der Waals surface area contributed by atoms with Gasteiger partial charge < -0.3 is 4.74 Å². The van der Waals surface area contributed by atoms with Gasteiger partial charge in [-0.3, -0.25) is 19.3 Å². The number of anilines is 1. The minimum atomic E-state index is -1.12. The number of imide groups is 1. The molecule has 1 saturated heterocycles. The molecule has 3 aliphatic rings. The molecule has 1 saturated carbocycles. The van der Waals surface area contributed by atoms with E-state index in [-0.39, 0.29) is 53.4 Å². The number of ether oxygens (including phenoxy) is 1. The van der Waals surface area contributed by atoms with Gasteiger partial charge in [0.05, 0.1) is 34.3 Å². The highest BCUT2D eigenvalue weighted by atomic mass is 35.5. The van der Waals surface area contributed by atoms with Gasteiger partial charge in [0.1, 0.15) is 0 Å². The number of rotatable bonds is 8. The number of ketones is 1. The van der Waals surface area contributed by atoms with Crippen molar-refractivity contribution in [2.75, 3.05) is 10.8 Å². The Labute approximate surface area is 280 Å². The van der Waals surface area contributed by atoms with Crippen LogP contribution in [0.3, 0.4) is 0 Å². The first kappa shape index (κ1) is 30.6. The molecule has 2 bridgehead atoms. The lowest BCUT2D eigenvalue weighted by Crippen LogP contribution is -2.32. The zero-order valence-electron chi connectivity index (χ0n) is 24.6. The number of benzene rings is 3. The Hall–Kier alpha value is -4.04. The number of aromatic nitrogens is 1. The summed E-state index contributed by atoms with van der Waals surface area (Å²) < 4.78 is 5.78. The molecule has 0 N–H and O–H groups in total. The van der Waals surface area contributed by atoms with Crippen LogP contribution >= 0.6 is 34.8 Å². The van der Waals surface area contributed by atoms with E-state index in [0.717, 1.165) is 6.42 Å². The minimum Gasteiger partial charge on any atom is -0.450 e. The van der Waals surface area contributed by atoms with Crippen LogP contribution in [-0.4, -0.2) is 40.5 Å². The van der Waals surface area contributed by atoms with Crippen molar-refractivity contribution in [3.05, 3.63) is 106 Å². The molecule has 2 fully saturated rings. The summed E-state index contributed by atoms with van der Waals surface area (Å²) in [6.45, 7) is 2.04. The number of Topliss-reactive ketones (excluding diaryl/α,β-unsaturated/α-hetero) is 1. The van der Waals surface area contributed by atoms with Crippen molar-refractivity contribution in [3.63, 3.8) is 0 Å². The van der Waals surface area contributed by atoms with Crippen molar-refractivity contribution in [3.8, 4) is 11.3 Å². The Morgan fingerprint density at radius 1 is 0.935 bits per heavy atom. The molecule has 1 aliphatic heterocycles. The van der Waals surface area contributed by atoms with Gasteiger partial charge in [0.25, 0.3) is 0 Å². The molecule has 5 atom stereocenters. The van der Waals surface area contributed by atoms with Gasteiger partial charge in [-0.15, -0.1) is 11.6 Å². The van der Waals surface area contributed by atoms with E-state index < -0.39 is 17.9 Å². The number of hydrogen-bond acceptors (Lipinski definition) is 6. The predicted octanol–water partition coefficient (Wildman–Crippen LogP) is 7.95. The van der Waals surface area contributed by atoms with Crippen LogP contribution in [0.15, 0.2) is 84.4 Å². The number of esters is 1. The fourth-order valence-electron chi connectivity index (χ4n) is 7.16. The van der Waals surface area contributed by atoms with Crippen LogP contribution in [0, 0.1) is 23.7 Å². The Morgan fingerprint density at radius 2 is 1.63 bits per heavy atom. The predicted molar refractivity (Wildman–Crippen MR) is 177 cm³/mol. The van der Waals surface area contributed by atoms with Gasteiger partial charge in [0.2, 0.25) is 17.6 Å². The largest absolute Gasteiger partial charge is 0.450 e. The highest BCUT2D eigenvalue weighted by Crippen LogP contribution is 2.56. The second-order valence-corrected chi connectivity index (χ2v) is 13.2. The summed E-state index contributed by atoms with van der Waals surface area (Å²) in [7, 11) is 0. The summed E-state index contributed by atoms with van der Waals surface area (Å²) in [5.41, 5.74) is 3.82. The fraction of sp³-hybridized carbons (Fsp3) is 0.250. The van der Waals surface area contributed by atoms with Crippen LogP contribution in [0.4, 0.5) is 5.69 Å². The van der Waals surface area contributed by atoms with Gasteiger partial charge in [-0.25, -0.2) is 9.78 Å². The number of allylic oxidation sites excluding steroid dienone is 2. The Kier molecular flexibility index (Phi) is 7.96. The molecule has 1 aromatic heterocycles. The van der Waals surface area contributed by atoms with E-state index in [1.807, 2.05) is 6.92 Å². The van der Waals surface area contributed by atoms with Crippen molar-refractivity contribution >= 4 is 75.0 Å². The van der Waals surface area contributed by atoms with E-state index >= 15 is 0 Å². The molecule has 232 valence electrons. The zero-order chi connectivity index (χ0) is 32.3. The number of amides is 2. The Morgan fingerprint density at radius 3 is 2.35 bits per heavy atom. The van der Waals surface area contributed by atoms with Crippen LogP contribution in [-0.2, 0) is 14.3 Å². The summed E-state index contributed by atoms with van der Waals surface area (Å²) >= 11 is 18.3. The molecule has 5 unspecified atom stereocenters. The van der Waals surface area contributed by atoms with Crippen molar-refractivity contribution < 1.29 is 23.9 Å². The van der Waals surface area contributed by atoms with Gasteiger partial charge in [-0.2, -0.15) is 0 Å². The van der Waals surface area contributed by atoms with Crippen LogP contribution in [0.2, 0.25) is 10.0 Å². The third-order valence-corrected chi connectivity index (χ3v) is 10.0. The molecule has 0 spiro atoms. The van der Waals surface area contributed by atoms with E-state index in [1.54, 1.807) is 72.8 Å². The fourth-order valence-corrected chi connectivity index (χ4v) is 7.66. The molecule has 10 heteroatoms. The maximum atomic E-state index is 13.7. The van der Waals surface area contributed by atoms with Gasteiger partial charge in [-0.05, 0) is 85.8 Å². The highest BCUT2D eigenvalue weighted by molar-refractivity contribution is 6.31. The second kappa shape index (κ2) is 12.0. The highest BCUT2D eigenvalue weighted by Gasteiger charge is 2.60. The molecule has 46 heavy (non-hydrogen) atoms. The van der Waals surface area contributed by atoms with Crippen LogP contribution in [0.25, 0.3) is 22.2 Å². The SMILES string of the molecule is CC1=CC2CC1C1C(=O)N(c3ccc(-c4cc(C(=O)OC(CCCl)C(=O)c5ccc(Cl)cc5)c5cc(Cl)ccc5n4)cc3)C(=O)C21. The van der Waals surface area contributed by atoms with E-state index in [9.17, 15) is 19.2 Å². The van der Waals surface area contributed by atoms with Crippen LogP contribution < -0.4 is 4.90 Å². The van der Waals surface area contributed by atoms with E-state index in [0.29, 0.717) is 43.5 Å². The molecular weight excluding hydrogens is 647 g/mol. The van der Waals surface area contributed by atoms with E-state index in [2.05, 4.69) is 6.08 Å². The quantitative estimate of drug-likeness (QED) is 0.0620. The molecule has 2 heterocycles. The molecule has 3 aromatic carbocycles. The summed E-state index contributed by atoms with van der Waals surface area (Å²) in [5, 5.41) is 1.34. The number of alkyl halides is 1. The Bertz CT molecular complexity index is 1960. The van der Waals surface area contributed by atoms with Crippen molar-refractivity contribution in [1.82, 2.24) is 4.98 Å². The summed E-state index contributed by atoms with van der Waals surface area (Å²) in [6.07, 6.45) is 2.01. The van der Waals surface area contributed by atoms with Crippen molar-refractivity contribution in [2.45, 2.75) is 25.9 Å². The number of pyridine rings is 1. The van der Waals surface area contributed by atoms with Gasteiger partial charge in [-0.1, -0.05) is 47.0 Å². The lowest BCUT2D eigenvalue weighted by Gasteiger charge is -2.19. The maximum Gasteiger partial charge on any atom is 0.339 e. The minimum absolute atomic E-state index is 0.0960. The number of nitrogens with zero attached hydrogens (tertiary/aromatic N) is 2. The third kappa shape index (κ3) is 5.20. The summed E-state index contributed by atoms with van der Waals surface area (Å²) in [4.78, 5) is 59.9. The number of carbonyl (C=O) groups excluding carboxylic acids is 4. The van der Waals surface area contributed by atoms with E-state index in [1.165, 1.54) is 10.5 Å². The molecule has 7 rings (SSSR count). The first-order valence-corrected chi connectivity index (χ1v) is 16.3. The monoisotopic (exact) mass is 672 g/mol. The molecule has 7 nitrogen and oxygen atoms in total. The average Bonchev–Trinajstić information content (AvgIpc) is 3.69. The van der Waals surface area contributed by atoms with E-state index in [4.69, 9.17) is 44.5 Å². The number of fused-ring (bicyclic) bond motifs is 6. The molecular formula is C36H27Cl3N2O5. The topological polar surface area (TPSA) is 93.6 Å². The normalized spacial score (nSPS) is 22.3. The lowest BCUT2D eigenvalue weighted by molar-refractivity contribution is -0.123. The number of carbonyl (C=O) groups is 4. The molecule has 2 aliphatic carbocycles. The molecule has 4 aromatic rings. The molecule has 2 amide bonds. The van der Waals surface area contributed by atoms with Crippen molar-refractivity contribution in [2.24, 2.45) is 23.7 Å². The van der Waals surface area contributed by atoms with Gasteiger partial charge in [0.15, 0.2) is 6.10 Å². The first-order chi connectivity index (χ1) is 22.1. The lowest BCUT2D eigenvalue weighted by atomic mass is 9.82. The smallest absolute Gasteiger partial charge is 0.339 e. The average molecular weight is 674 g/mol. The first-order valence-electron chi connectivity index (χ1n) is 15.0. The molecule has 0 radical (unpaired) electrons. The zero-order valence-corrected chi connectivity index (χ0v) is 26.9. The summed E-state index contributed by atoms with van der Waals surface area (Å²) in [5.74, 6) is -1.66. The number of hydrogen-bond donors (Lipinski definition) is 0. The van der Waals surface area contributed by atoms with Gasteiger partial charge in [0, 0.05) is 38.9 Å². The Balaban J connectivity index is 1.19.